The molecule has 0 unspecified atom stereocenters. The normalized spacial score (nSPS) is 24.7. The molecule has 4 atom stereocenters. The minimum atomic E-state index is -0.719. The van der Waals surface area contributed by atoms with E-state index in [0.29, 0.717) is 12.8 Å². The Morgan fingerprint density at radius 3 is 2.47 bits per heavy atom. The standard InChI is InChI=1S/C24H35N3O5/c1-24(2,3)32-23(31)26-18-12-8-7-11-17-13-14-20(27(17)22(18)30)21(29)25-19(15-28)16-9-5-4-6-10-16/h4-6,9-10,17-20,28H,7-8,11-15H2,1-3H3,(H,25,29)(H,26,31)/t17-,18-,19+,20-/m0/s1. The highest BCUT2D eigenvalue weighted by molar-refractivity contribution is 5.92. The summed E-state index contributed by atoms with van der Waals surface area (Å²) in [5.41, 5.74) is 0.144. The molecule has 2 aliphatic heterocycles. The van der Waals surface area contributed by atoms with Crippen molar-refractivity contribution in [1.29, 1.82) is 0 Å². The minimum absolute atomic E-state index is 0.0224. The third-order valence-corrected chi connectivity index (χ3v) is 6.03. The fourth-order valence-electron chi connectivity index (χ4n) is 4.56. The van der Waals surface area contributed by atoms with Crippen molar-refractivity contribution in [1.82, 2.24) is 15.5 Å². The predicted octanol–water partition coefficient (Wildman–Crippen LogP) is 2.66. The third kappa shape index (κ3) is 6.00. The van der Waals surface area contributed by atoms with Crippen LogP contribution in [-0.2, 0) is 14.3 Å². The lowest BCUT2D eigenvalue weighted by atomic mass is 9.99. The molecule has 0 spiro atoms. The molecule has 0 radical (unpaired) electrons. The Balaban J connectivity index is 1.73. The van der Waals surface area contributed by atoms with E-state index >= 15 is 0 Å². The van der Waals surface area contributed by atoms with Crippen molar-refractivity contribution in [2.45, 2.75) is 89.1 Å². The quantitative estimate of drug-likeness (QED) is 0.646. The Kier molecular flexibility index (Phi) is 7.77. The summed E-state index contributed by atoms with van der Waals surface area (Å²) in [6.07, 6.45) is 3.80. The van der Waals surface area contributed by atoms with Crippen LogP contribution in [0.2, 0.25) is 0 Å². The Labute approximate surface area is 189 Å². The number of benzene rings is 1. The maximum Gasteiger partial charge on any atom is 0.408 e. The van der Waals surface area contributed by atoms with Crippen molar-refractivity contribution in [3.05, 3.63) is 35.9 Å². The molecule has 2 fully saturated rings. The zero-order chi connectivity index (χ0) is 23.3. The summed E-state index contributed by atoms with van der Waals surface area (Å²) in [4.78, 5) is 40.6. The van der Waals surface area contributed by atoms with Crippen molar-refractivity contribution >= 4 is 17.9 Å². The van der Waals surface area contributed by atoms with E-state index in [2.05, 4.69) is 10.6 Å². The molecule has 32 heavy (non-hydrogen) atoms. The molecule has 2 aliphatic rings. The first-order valence-corrected chi connectivity index (χ1v) is 11.5. The van der Waals surface area contributed by atoms with Gasteiger partial charge in [-0.1, -0.05) is 43.2 Å². The van der Waals surface area contributed by atoms with Crippen LogP contribution in [0.4, 0.5) is 4.79 Å². The topological polar surface area (TPSA) is 108 Å². The van der Waals surface area contributed by atoms with E-state index in [0.717, 1.165) is 31.2 Å². The molecule has 8 nitrogen and oxygen atoms in total. The molecule has 3 amide bonds. The first-order chi connectivity index (χ1) is 15.2. The van der Waals surface area contributed by atoms with Gasteiger partial charge in [-0.25, -0.2) is 4.79 Å². The maximum absolute atomic E-state index is 13.4. The molecule has 2 saturated heterocycles. The molecule has 0 saturated carbocycles. The molecule has 0 aliphatic carbocycles. The number of aliphatic hydroxyl groups excluding tert-OH is 1. The number of carbonyl (C=O) groups is 3. The zero-order valence-electron chi connectivity index (χ0n) is 19.2. The molecule has 8 heteroatoms. The Bertz CT molecular complexity index is 808. The second-order valence-electron chi connectivity index (χ2n) is 9.63. The smallest absolute Gasteiger partial charge is 0.408 e. The second-order valence-corrected chi connectivity index (χ2v) is 9.63. The average molecular weight is 446 g/mol. The van der Waals surface area contributed by atoms with Gasteiger partial charge in [-0.15, -0.1) is 0 Å². The molecule has 0 bridgehead atoms. The lowest BCUT2D eigenvalue weighted by Gasteiger charge is -2.35. The van der Waals surface area contributed by atoms with Crippen molar-refractivity contribution in [3.63, 3.8) is 0 Å². The highest BCUT2D eigenvalue weighted by atomic mass is 16.6. The van der Waals surface area contributed by atoms with Gasteiger partial charge in [0.25, 0.3) is 0 Å². The first kappa shape index (κ1) is 24.0. The molecule has 1 aromatic rings. The van der Waals surface area contributed by atoms with Crippen LogP contribution >= 0.6 is 0 Å². The van der Waals surface area contributed by atoms with Crippen molar-refractivity contribution < 1.29 is 24.2 Å². The Hall–Kier alpha value is -2.61. The monoisotopic (exact) mass is 445 g/mol. The molecular formula is C24H35N3O5. The van der Waals surface area contributed by atoms with Crippen LogP contribution in [0.5, 0.6) is 0 Å². The fraction of sp³-hybridized carbons (Fsp3) is 0.625. The number of aliphatic hydroxyl groups is 1. The number of ether oxygens (including phenoxy) is 1. The van der Waals surface area contributed by atoms with Crippen LogP contribution in [0.1, 0.15) is 70.9 Å². The van der Waals surface area contributed by atoms with E-state index < -0.39 is 29.8 Å². The van der Waals surface area contributed by atoms with Gasteiger partial charge in [0.2, 0.25) is 11.8 Å². The highest BCUT2D eigenvalue weighted by Gasteiger charge is 2.44. The van der Waals surface area contributed by atoms with Crippen LogP contribution in [0.25, 0.3) is 0 Å². The lowest BCUT2D eigenvalue weighted by Crippen LogP contribution is -2.57. The Morgan fingerprint density at radius 1 is 1.12 bits per heavy atom. The van der Waals surface area contributed by atoms with Gasteiger partial charge >= 0.3 is 6.09 Å². The number of nitrogens with zero attached hydrogens (tertiary/aromatic N) is 1. The van der Waals surface area contributed by atoms with Crippen molar-refractivity contribution in [3.8, 4) is 0 Å². The largest absolute Gasteiger partial charge is 0.444 e. The van der Waals surface area contributed by atoms with Gasteiger partial charge in [0.05, 0.1) is 12.6 Å². The number of carbonyl (C=O) groups excluding carboxylic acids is 3. The average Bonchev–Trinajstić information content (AvgIpc) is 3.15. The highest BCUT2D eigenvalue weighted by Crippen LogP contribution is 2.32. The van der Waals surface area contributed by atoms with E-state index in [9.17, 15) is 19.5 Å². The van der Waals surface area contributed by atoms with E-state index in [4.69, 9.17) is 4.74 Å². The van der Waals surface area contributed by atoms with Gasteiger partial charge < -0.3 is 25.4 Å². The lowest BCUT2D eigenvalue weighted by molar-refractivity contribution is -0.143. The van der Waals surface area contributed by atoms with Crippen LogP contribution in [0, 0.1) is 0 Å². The molecule has 2 heterocycles. The SMILES string of the molecule is CC(C)(C)OC(=O)N[C@H]1CCCC[C@H]2CC[C@@H](C(=O)N[C@H](CO)c3ccccc3)N2C1=O. The molecular weight excluding hydrogens is 410 g/mol. The number of amides is 3. The zero-order valence-corrected chi connectivity index (χ0v) is 19.2. The number of nitrogens with one attached hydrogen (secondary N) is 2. The number of hydrogen-bond donors (Lipinski definition) is 3. The van der Waals surface area contributed by atoms with E-state index in [1.165, 1.54) is 0 Å². The number of rotatable bonds is 5. The van der Waals surface area contributed by atoms with Gasteiger partial charge in [-0.05, 0) is 52.0 Å². The molecule has 3 rings (SSSR count). The van der Waals surface area contributed by atoms with Gasteiger partial charge in [0.1, 0.15) is 17.7 Å². The van der Waals surface area contributed by atoms with Crippen LogP contribution in [0.3, 0.4) is 0 Å². The summed E-state index contributed by atoms with van der Waals surface area (Å²) in [6.45, 7) is 5.08. The van der Waals surface area contributed by atoms with E-state index in [1.807, 2.05) is 30.3 Å². The van der Waals surface area contributed by atoms with Crippen LogP contribution in [0.15, 0.2) is 30.3 Å². The summed E-state index contributed by atoms with van der Waals surface area (Å²) in [6, 6.07) is 7.37. The van der Waals surface area contributed by atoms with Gasteiger partial charge in [0, 0.05) is 6.04 Å². The maximum atomic E-state index is 13.4. The first-order valence-electron chi connectivity index (χ1n) is 11.5. The van der Waals surface area contributed by atoms with Gasteiger partial charge in [0.15, 0.2) is 0 Å². The molecule has 1 aromatic carbocycles. The van der Waals surface area contributed by atoms with Gasteiger partial charge in [-0.3, -0.25) is 9.59 Å². The van der Waals surface area contributed by atoms with Crippen LogP contribution < -0.4 is 10.6 Å². The molecule has 3 N–H and O–H groups in total. The summed E-state index contributed by atoms with van der Waals surface area (Å²) in [5, 5.41) is 15.4. The number of fused-ring (bicyclic) bond motifs is 1. The van der Waals surface area contributed by atoms with Crippen molar-refractivity contribution in [2.75, 3.05) is 6.61 Å². The van der Waals surface area contributed by atoms with E-state index in [-0.39, 0.29) is 24.5 Å². The van der Waals surface area contributed by atoms with Crippen LogP contribution in [-0.4, -0.2) is 58.2 Å². The number of hydrogen-bond acceptors (Lipinski definition) is 5. The third-order valence-electron chi connectivity index (χ3n) is 6.03. The summed E-state index contributed by atoms with van der Waals surface area (Å²) in [5.74, 6) is -0.515. The fourth-order valence-corrected chi connectivity index (χ4v) is 4.56. The molecule has 176 valence electrons. The van der Waals surface area contributed by atoms with Gasteiger partial charge in [-0.2, -0.15) is 0 Å². The summed E-state index contributed by atoms with van der Waals surface area (Å²) >= 11 is 0. The predicted molar refractivity (Wildman–Crippen MR) is 120 cm³/mol. The molecule has 0 aromatic heterocycles. The minimum Gasteiger partial charge on any atom is -0.444 e. The summed E-state index contributed by atoms with van der Waals surface area (Å²) in [7, 11) is 0. The van der Waals surface area contributed by atoms with E-state index in [1.54, 1.807) is 25.7 Å². The Morgan fingerprint density at radius 2 is 1.81 bits per heavy atom. The second kappa shape index (κ2) is 10.3. The van der Waals surface area contributed by atoms with Crippen molar-refractivity contribution in [2.24, 2.45) is 0 Å². The summed E-state index contributed by atoms with van der Waals surface area (Å²) < 4.78 is 5.33. The number of alkyl carbamates (subject to hydrolysis) is 1.